The molecule has 0 radical (unpaired) electrons. The number of halogens is 4. The molecule has 2 heterocycles. The fourth-order valence-corrected chi connectivity index (χ4v) is 1.51. The van der Waals surface area contributed by atoms with E-state index in [1.807, 2.05) is 0 Å². The summed E-state index contributed by atoms with van der Waals surface area (Å²) in [6.45, 7) is 0. The number of rotatable bonds is 0. The summed E-state index contributed by atoms with van der Waals surface area (Å²) >= 11 is 22.6. The van der Waals surface area contributed by atoms with E-state index < -0.39 is 0 Å². The van der Waals surface area contributed by atoms with Gasteiger partial charge in [0.25, 0.3) is 0 Å². The molecule has 72 valence electrons. The molecule has 0 spiro atoms. The summed E-state index contributed by atoms with van der Waals surface area (Å²) in [5.74, 6) is 0. The summed E-state index contributed by atoms with van der Waals surface area (Å²) in [6.07, 6.45) is 0. The van der Waals surface area contributed by atoms with Crippen LogP contribution in [0.2, 0.25) is 20.7 Å². The topological polar surface area (TPSA) is 51.6 Å². The van der Waals surface area contributed by atoms with E-state index in [2.05, 4.69) is 19.9 Å². The molecule has 0 atom stereocenters. The van der Waals surface area contributed by atoms with Crippen LogP contribution in [0.4, 0.5) is 0 Å². The third kappa shape index (κ3) is 1.70. The predicted molar refractivity (Wildman–Crippen MR) is 55.2 cm³/mol. The quantitative estimate of drug-likeness (QED) is 0.545. The van der Waals surface area contributed by atoms with Crippen molar-refractivity contribution in [2.24, 2.45) is 0 Å². The van der Waals surface area contributed by atoms with Crippen LogP contribution in [0, 0.1) is 0 Å². The van der Waals surface area contributed by atoms with Gasteiger partial charge in [-0.2, -0.15) is 4.98 Å². The highest BCUT2D eigenvalue weighted by atomic mass is 35.5. The van der Waals surface area contributed by atoms with Gasteiger partial charge < -0.3 is 0 Å². The molecule has 0 aliphatic rings. The van der Waals surface area contributed by atoms with Crippen molar-refractivity contribution in [1.29, 1.82) is 0 Å². The van der Waals surface area contributed by atoms with Gasteiger partial charge in [0.05, 0.1) is 0 Å². The first-order chi connectivity index (χ1) is 6.58. The minimum Gasteiger partial charge on any atom is -0.226 e. The van der Waals surface area contributed by atoms with Crippen molar-refractivity contribution in [3.63, 3.8) is 0 Å². The minimum atomic E-state index is -0.0183. The van der Waals surface area contributed by atoms with Crippen molar-refractivity contribution >= 4 is 57.6 Å². The molecule has 0 aliphatic carbocycles. The van der Waals surface area contributed by atoms with Crippen LogP contribution in [0.1, 0.15) is 0 Å². The van der Waals surface area contributed by atoms with Crippen molar-refractivity contribution in [2.75, 3.05) is 0 Å². The van der Waals surface area contributed by atoms with Crippen LogP contribution in [0.5, 0.6) is 0 Å². The molecule has 0 unspecified atom stereocenters. The maximum absolute atomic E-state index is 5.75. The van der Waals surface area contributed by atoms with E-state index in [1.165, 1.54) is 0 Å². The normalized spacial score (nSPS) is 10.9. The van der Waals surface area contributed by atoms with E-state index in [0.717, 1.165) is 0 Å². The second-order valence-corrected chi connectivity index (χ2v) is 3.67. The van der Waals surface area contributed by atoms with Crippen LogP contribution in [-0.2, 0) is 0 Å². The highest BCUT2D eigenvalue weighted by Gasteiger charge is 2.10. The van der Waals surface area contributed by atoms with Crippen LogP contribution in [-0.4, -0.2) is 19.9 Å². The summed E-state index contributed by atoms with van der Waals surface area (Å²) < 4.78 is 0. The van der Waals surface area contributed by atoms with Gasteiger partial charge in [-0.1, -0.05) is 34.8 Å². The Morgan fingerprint density at radius 2 is 1.29 bits per heavy atom. The average molecular weight is 270 g/mol. The lowest BCUT2D eigenvalue weighted by atomic mass is 10.5. The highest BCUT2D eigenvalue weighted by Crippen LogP contribution is 2.24. The zero-order chi connectivity index (χ0) is 10.3. The molecule has 0 bridgehead atoms. The molecule has 0 aliphatic heterocycles. The Bertz CT molecular complexity index is 515. The number of fused-ring (bicyclic) bond motifs is 1. The maximum atomic E-state index is 5.75. The molecule has 2 rings (SSSR count). The lowest BCUT2D eigenvalue weighted by Gasteiger charge is -2.00. The van der Waals surface area contributed by atoms with Gasteiger partial charge in [0.1, 0.15) is 5.52 Å². The van der Waals surface area contributed by atoms with Crippen molar-refractivity contribution in [1.82, 2.24) is 19.9 Å². The second kappa shape index (κ2) is 3.62. The molecule has 2 aromatic rings. The Labute approximate surface area is 98.2 Å². The first kappa shape index (κ1) is 10.1. The van der Waals surface area contributed by atoms with Gasteiger partial charge in [-0.15, -0.1) is 0 Å². The molecule has 0 saturated heterocycles. The molecule has 0 amide bonds. The van der Waals surface area contributed by atoms with Crippen molar-refractivity contribution in [3.05, 3.63) is 20.7 Å². The first-order valence-electron chi connectivity index (χ1n) is 3.29. The summed E-state index contributed by atoms with van der Waals surface area (Å²) in [7, 11) is 0. The van der Waals surface area contributed by atoms with Crippen molar-refractivity contribution in [3.8, 4) is 0 Å². The fraction of sp³-hybridized carbons (Fsp3) is 0. The third-order valence-corrected chi connectivity index (χ3v) is 2.44. The standard InChI is InChI=1S/C6Cl4N4/c7-2-1-5(14-6(10)13-2)12-4(9)3(8)11-1. The number of aromatic nitrogens is 4. The van der Waals surface area contributed by atoms with E-state index in [4.69, 9.17) is 46.4 Å². The van der Waals surface area contributed by atoms with Gasteiger partial charge in [0.2, 0.25) is 5.28 Å². The average Bonchev–Trinajstić information content (AvgIpc) is 2.08. The Kier molecular flexibility index (Phi) is 2.62. The lowest BCUT2D eigenvalue weighted by molar-refractivity contribution is 1.15. The van der Waals surface area contributed by atoms with Gasteiger partial charge in [-0.05, 0) is 11.6 Å². The van der Waals surface area contributed by atoms with Crippen LogP contribution >= 0.6 is 46.4 Å². The molecular formula is C6Cl4N4. The van der Waals surface area contributed by atoms with Crippen LogP contribution in [0.15, 0.2) is 0 Å². The first-order valence-corrected chi connectivity index (χ1v) is 4.81. The number of hydrogen-bond acceptors (Lipinski definition) is 4. The van der Waals surface area contributed by atoms with Gasteiger partial charge in [-0.3, -0.25) is 0 Å². The monoisotopic (exact) mass is 268 g/mol. The van der Waals surface area contributed by atoms with E-state index in [0.29, 0.717) is 0 Å². The molecule has 0 saturated carbocycles. The molecule has 8 heteroatoms. The van der Waals surface area contributed by atoms with E-state index in [-0.39, 0.29) is 31.9 Å². The summed E-state index contributed by atoms with van der Waals surface area (Å²) in [4.78, 5) is 15.2. The molecule has 4 nitrogen and oxygen atoms in total. The summed E-state index contributed by atoms with van der Waals surface area (Å²) in [5, 5.41) is 0.165. The molecule has 0 fully saturated rings. The highest BCUT2D eigenvalue weighted by molar-refractivity contribution is 6.41. The zero-order valence-corrected chi connectivity index (χ0v) is 9.32. The second-order valence-electron chi connectivity index (χ2n) is 2.26. The maximum Gasteiger partial charge on any atom is 0.225 e. The van der Waals surface area contributed by atoms with Gasteiger partial charge in [0, 0.05) is 0 Å². The Morgan fingerprint density at radius 3 is 2.00 bits per heavy atom. The molecule has 0 aromatic carbocycles. The summed E-state index contributed by atoms with van der Waals surface area (Å²) in [5.41, 5.74) is 0.481. The molecule has 0 N–H and O–H groups in total. The van der Waals surface area contributed by atoms with Crippen LogP contribution in [0.3, 0.4) is 0 Å². The Morgan fingerprint density at radius 1 is 0.643 bits per heavy atom. The van der Waals surface area contributed by atoms with Gasteiger partial charge in [0.15, 0.2) is 21.1 Å². The lowest BCUT2D eigenvalue weighted by Crippen LogP contribution is -1.93. The molecular weight excluding hydrogens is 270 g/mol. The SMILES string of the molecule is Clc1nc(Cl)c2nc(Cl)c(Cl)nc2n1. The van der Waals surface area contributed by atoms with Gasteiger partial charge >= 0.3 is 0 Å². The predicted octanol–water partition coefficient (Wildman–Crippen LogP) is 3.03. The Hall–Kier alpha value is -0.420. The van der Waals surface area contributed by atoms with E-state index >= 15 is 0 Å². The smallest absolute Gasteiger partial charge is 0.225 e. The van der Waals surface area contributed by atoms with Crippen LogP contribution < -0.4 is 0 Å². The fourth-order valence-electron chi connectivity index (χ4n) is 0.849. The minimum absolute atomic E-state index is 0.0183. The van der Waals surface area contributed by atoms with Crippen LogP contribution in [0.25, 0.3) is 11.2 Å². The number of hydrogen-bond donors (Lipinski definition) is 0. The number of nitrogens with zero attached hydrogens (tertiary/aromatic N) is 4. The summed E-state index contributed by atoms with van der Waals surface area (Å²) in [6, 6.07) is 0. The third-order valence-electron chi connectivity index (χ3n) is 1.38. The van der Waals surface area contributed by atoms with Crippen molar-refractivity contribution in [2.45, 2.75) is 0 Å². The zero-order valence-electron chi connectivity index (χ0n) is 6.30. The van der Waals surface area contributed by atoms with E-state index in [9.17, 15) is 0 Å². The Balaban J connectivity index is 2.89. The molecule has 14 heavy (non-hydrogen) atoms. The molecule has 2 aromatic heterocycles. The van der Waals surface area contributed by atoms with Crippen molar-refractivity contribution < 1.29 is 0 Å². The van der Waals surface area contributed by atoms with Gasteiger partial charge in [-0.25, -0.2) is 15.0 Å². The van der Waals surface area contributed by atoms with E-state index in [1.54, 1.807) is 0 Å². The largest absolute Gasteiger partial charge is 0.226 e.